The fraction of sp³-hybridized carbons (Fsp3) is 0.273. The van der Waals surface area contributed by atoms with E-state index in [1.807, 2.05) is 24.3 Å². The molecule has 1 atom stereocenters. The molecular formula is C22H23N3O5S. The highest BCUT2D eigenvalue weighted by atomic mass is 32.2. The highest BCUT2D eigenvalue weighted by Crippen LogP contribution is 2.36. The number of benzene rings is 2. The third kappa shape index (κ3) is 6.85. The van der Waals surface area contributed by atoms with Gasteiger partial charge < -0.3 is 14.8 Å². The van der Waals surface area contributed by atoms with E-state index in [1.54, 1.807) is 45.0 Å². The Balaban J connectivity index is 1.47. The second-order valence-corrected chi connectivity index (χ2v) is 8.97. The second kappa shape index (κ2) is 9.65. The molecule has 0 saturated heterocycles. The lowest BCUT2D eigenvalue weighted by atomic mass is 10.2. The topological polar surface area (TPSA) is 106 Å². The maximum atomic E-state index is 12.2. The van der Waals surface area contributed by atoms with Gasteiger partial charge in [0.25, 0.3) is 0 Å². The number of carbonyl (C=O) groups excluding carboxylic acids is 3. The molecular weight excluding hydrogens is 418 g/mol. The average Bonchev–Trinajstić information content (AvgIpc) is 2.68. The number of fused-ring (bicyclic) bond motifs is 1. The first-order chi connectivity index (χ1) is 14.7. The van der Waals surface area contributed by atoms with E-state index in [0.29, 0.717) is 11.3 Å². The Hall–Kier alpha value is -3.33. The molecule has 2 N–H and O–H groups in total. The molecule has 0 fully saturated rings. The van der Waals surface area contributed by atoms with Gasteiger partial charge in [0, 0.05) is 11.3 Å². The number of thioether (sulfide) groups is 1. The van der Waals surface area contributed by atoms with Crippen LogP contribution in [0.2, 0.25) is 0 Å². The Kier molecular flexibility index (Phi) is 6.96. The van der Waals surface area contributed by atoms with Gasteiger partial charge in [-0.25, -0.2) is 10.2 Å². The van der Waals surface area contributed by atoms with Gasteiger partial charge in [-0.15, -0.1) is 11.8 Å². The highest BCUT2D eigenvalue weighted by molar-refractivity contribution is 8.01. The first-order valence-corrected chi connectivity index (χ1v) is 10.5. The van der Waals surface area contributed by atoms with E-state index in [2.05, 4.69) is 15.8 Å². The average molecular weight is 442 g/mol. The predicted molar refractivity (Wildman–Crippen MR) is 118 cm³/mol. The van der Waals surface area contributed by atoms with Crippen LogP contribution >= 0.6 is 11.8 Å². The van der Waals surface area contributed by atoms with Crippen LogP contribution in [0, 0.1) is 0 Å². The molecule has 0 bridgehead atoms. The van der Waals surface area contributed by atoms with Gasteiger partial charge in [-0.2, -0.15) is 5.10 Å². The summed E-state index contributed by atoms with van der Waals surface area (Å²) in [7, 11) is 0. The molecule has 1 aliphatic rings. The number of hydrogen-bond acceptors (Lipinski definition) is 7. The molecule has 0 aliphatic carbocycles. The van der Waals surface area contributed by atoms with Crippen molar-refractivity contribution in [1.29, 1.82) is 0 Å². The minimum absolute atomic E-state index is 0.00480. The number of rotatable bonds is 5. The third-order valence-electron chi connectivity index (χ3n) is 3.95. The van der Waals surface area contributed by atoms with Crippen LogP contribution in [0.5, 0.6) is 5.75 Å². The minimum atomic E-state index is -0.784. The highest BCUT2D eigenvalue weighted by Gasteiger charge is 2.28. The van der Waals surface area contributed by atoms with Crippen molar-refractivity contribution in [2.24, 2.45) is 5.10 Å². The number of hydrazone groups is 1. The van der Waals surface area contributed by atoms with Gasteiger partial charge in [0.1, 0.15) is 11.4 Å². The molecule has 9 heteroatoms. The number of nitrogens with one attached hydrogen (secondary N) is 2. The van der Waals surface area contributed by atoms with Gasteiger partial charge in [-0.1, -0.05) is 12.1 Å². The van der Waals surface area contributed by atoms with Gasteiger partial charge in [-0.05, 0) is 62.7 Å². The van der Waals surface area contributed by atoms with Crippen LogP contribution in [0.4, 0.5) is 10.5 Å². The molecule has 2 aromatic carbocycles. The summed E-state index contributed by atoms with van der Waals surface area (Å²) in [5, 5.41) is 6.20. The quantitative estimate of drug-likeness (QED) is 0.315. The Labute approximate surface area is 184 Å². The van der Waals surface area contributed by atoms with Crippen LogP contribution < -0.4 is 15.5 Å². The molecule has 0 saturated carbocycles. The van der Waals surface area contributed by atoms with Crippen LogP contribution in [-0.4, -0.2) is 35.0 Å². The van der Waals surface area contributed by atoms with Gasteiger partial charge >= 0.3 is 6.16 Å². The maximum absolute atomic E-state index is 12.2. The molecule has 8 nitrogen and oxygen atoms in total. The number of hydrogen-bond donors (Lipinski definition) is 2. The normalized spacial score (nSPS) is 15.7. The number of para-hydroxylation sites is 1. The van der Waals surface area contributed by atoms with Crippen molar-refractivity contribution in [3.63, 3.8) is 0 Å². The summed E-state index contributed by atoms with van der Waals surface area (Å²) in [5.74, 6) is -0.243. The largest absolute Gasteiger partial charge is 0.514 e. The zero-order valence-corrected chi connectivity index (χ0v) is 18.2. The van der Waals surface area contributed by atoms with Gasteiger partial charge in [0.15, 0.2) is 0 Å². The molecule has 3 rings (SSSR count). The Morgan fingerprint density at radius 1 is 1.16 bits per heavy atom. The summed E-state index contributed by atoms with van der Waals surface area (Å²) in [6.45, 7) is 5.25. The van der Waals surface area contributed by atoms with Crippen molar-refractivity contribution in [3.8, 4) is 5.75 Å². The predicted octanol–water partition coefficient (Wildman–Crippen LogP) is 3.95. The van der Waals surface area contributed by atoms with E-state index in [-0.39, 0.29) is 18.2 Å². The molecule has 2 aromatic rings. The second-order valence-electron chi connectivity index (χ2n) is 7.72. The lowest BCUT2D eigenvalue weighted by Gasteiger charge is -2.23. The fourth-order valence-electron chi connectivity index (χ4n) is 2.61. The SMILES string of the molecule is CC(C)(C)OC(=O)Oc1ccc(C=NNC(=O)CC2Sc3ccccc3NC2=O)cc1. The van der Waals surface area contributed by atoms with Gasteiger partial charge in [0.2, 0.25) is 11.8 Å². The van der Waals surface area contributed by atoms with Gasteiger partial charge in [-0.3, -0.25) is 9.59 Å². The zero-order chi connectivity index (χ0) is 22.4. The summed E-state index contributed by atoms with van der Waals surface area (Å²) in [5.41, 5.74) is 3.24. The van der Waals surface area contributed by atoms with Crippen molar-refractivity contribution >= 4 is 41.6 Å². The van der Waals surface area contributed by atoms with Gasteiger partial charge in [0.05, 0.1) is 17.2 Å². The summed E-state index contributed by atoms with van der Waals surface area (Å²) >= 11 is 1.36. The number of amides is 2. The zero-order valence-electron chi connectivity index (χ0n) is 17.4. The molecule has 0 aromatic heterocycles. The molecule has 1 aliphatic heterocycles. The molecule has 162 valence electrons. The van der Waals surface area contributed by atoms with E-state index in [9.17, 15) is 14.4 Å². The van der Waals surface area contributed by atoms with E-state index >= 15 is 0 Å². The smallest absolute Gasteiger partial charge is 0.428 e. The Morgan fingerprint density at radius 3 is 2.58 bits per heavy atom. The number of carbonyl (C=O) groups is 3. The van der Waals surface area contributed by atoms with Crippen molar-refractivity contribution in [3.05, 3.63) is 54.1 Å². The molecule has 31 heavy (non-hydrogen) atoms. The number of anilines is 1. The fourth-order valence-corrected chi connectivity index (χ4v) is 3.72. The molecule has 1 unspecified atom stereocenters. The Bertz CT molecular complexity index is 999. The molecule has 1 heterocycles. The van der Waals surface area contributed by atoms with Crippen molar-refractivity contribution in [2.75, 3.05) is 5.32 Å². The van der Waals surface area contributed by atoms with E-state index in [4.69, 9.17) is 9.47 Å². The summed E-state index contributed by atoms with van der Waals surface area (Å²) in [6.07, 6.45) is 0.678. The van der Waals surface area contributed by atoms with Crippen LogP contribution in [0.15, 0.2) is 58.5 Å². The molecule has 0 radical (unpaired) electrons. The van der Waals surface area contributed by atoms with Crippen molar-refractivity contribution in [1.82, 2.24) is 5.43 Å². The van der Waals surface area contributed by atoms with Crippen LogP contribution in [0.3, 0.4) is 0 Å². The lowest BCUT2D eigenvalue weighted by molar-refractivity contribution is -0.124. The first kappa shape index (κ1) is 22.4. The minimum Gasteiger partial charge on any atom is -0.428 e. The maximum Gasteiger partial charge on any atom is 0.514 e. The van der Waals surface area contributed by atoms with Crippen LogP contribution in [0.25, 0.3) is 0 Å². The monoisotopic (exact) mass is 441 g/mol. The van der Waals surface area contributed by atoms with Crippen LogP contribution in [0.1, 0.15) is 32.8 Å². The first-order valence-electron chi connectivity index (χ1n) is 9.59. The van der Waals surface area contributed by atoms with E-state index in [1.165, 1.54) is 18.0 Å². The standard InChI is InChI=1S/C22H23N3O5S/c1-22(2,3)30-21(28)29-15-10-8-14(9-11-15)13-23-25-19(26)12-18-20(27)24-16-6-4-5-7-17(16)31-18/h4-11,13,18H,12H2,1-3H3,(H,24,27)(H,25,26). The lowest BCUT2D eigenvalue weighted by Crippen LogP contribution is -2.33. The Morgan fingerprint density at radius 2 is 1.87 bits per heavy atom. The summed E-state index contributed by atoms with van der Waals surface area (Å²) < 4.78 is 10.2. The van der Waals surface area contributed by atoms with Crippen molar-refractivity contribution < 1.29 is 23.9 Å². The van der Waals surface area contributed by atoms with Crippen molar-refractivity contribution in [2.45, 2.75) is 42.9 Å². The number of nitrogens with zero attached hydrogens (tertiary/aromatic N) is 1. The molecule has 0 spiro atoms. The van der Waals surface area contributed by atoms with Crippen LogP contribution in [-0.2, 0) is 14.3 Å². The summed E-state index contributed by atoms with van der Waals surface area (Å²) in [4.78, 5) is 36.9. The number of ether oxygens (including phenoxy) is 2. The third-order valence-corrected chi connectivity index (χ3v) is 5.23. The van der Waals surface area contributed by atoms with E-state index in [0.717, 1.165) is 10.6 Å². The summed E-state index contributed by atoms with van der Waals surface area (Å²) in [6, 6.07) is 14.0. The molecule has 2 amide bonds. The van der Waals surface area contributed by atoms with E-state index < -0.39 is 17.0 Å².